The first-order chi connectivity index (χ1) is 28.2. The smallest absolute Gasteiger partial charge is 0.164 e. The molecule has 0 saturated carbocycles. The van der Waals surface area contributed by atoms with Crippen LogP contribution in [0.4, 0.5) is 0 Å². The van der Waals surface area contributed by atoms with E-state index in [1.807, 2.05) is 66.4 Å². The molecule has 3 heterocycles. The van der Waals surface area contributed by atoms with Gasteiger partial charge < -0.3 is 4.42 Å². The zero-order valence-electron chi connectivity index (χ0n) is 31.2. The highest BCUT2D eigenvalue weighted by Gasteiger charge is 2.26. The Hall–Kier alpha value is -6.56. The van der Waals surface area contributed by atoms with Crippen LogP contribution in [0, 0.1) is 0 Å². The minimum atomic E-state index is 0.564. The summed E-state index contributed by atoms with van der Waals surface area (Å²) in [6.45, 7) is 0. The molecule has 0 amide bonds. The van der Waals surface area contributed by atoms with Crippen molar-refractivity contribution in [2.75, 3.05) is 0 Å². The Labute approximate surface area is 336 Å². The van der Waals surface area contributed by atoms with E-state index in [-0.39, 0.29) is 0 Å². The normalized spacial score (nSPS) is 14.9. The monoisotopic (exact) mass is 751 g/mol. The first-order valence-electron chi connectivity index (χ1n) is 19.7. The van der Waals surface area contributed by atoms with Crippen molar-refractivity contribution in [2.45, 2.75) is 35.8 Å². The van der Waals surface area contributed by atoms with Gasteiger partial charge in [-0.3, -0.25) is 0 Å². The van der Waals surface area contributed by atoms with E-state index >= 15 is 0 Å². The minimum Gasteiger partial charge on any atom is -0.456 e. The molecule has 2 aromatic heterocycles. The molecule has 0 radical (unpaired) electrons. The van der Waals surface area contributed by atoms with Gasteiger partial charge in [0.15, 0.2) is 17.5 Å². The Kier molecular flexibility index (Phi) is 8.40. The fourth-order valence-corrected chi connectivity index (χ4v) is 10.0. The zero-order chi connectivity index (χ0) is 37.7. The SMILES string of the molecule is C1=C(c2cccc3c2CSc2c(-c4cccc(-c5nc(-c6ccccc6)nc(-c6ccc7c(c6)oc6ccccc67)n5)c4)cccc2-3)CC(c2ccccc2)CC1. The summed E-state index contributed by atoms with van der Waals surface area (Å²) in [7, 11) is 0. The molecular weight excluding hydrogens is 715 g/mol. The molecule has 57 heavy (non-hydrogen) atoms. The van der Waals surface area contributed by atoms with Gasteiger partial charge in [0, 0.05) is 38.1 Å². The van der Waals surface area contributed by atoms with Gasteiger partial charge in [-0.1, -0.05) is 146 Å². The number of para-hydroxylation sites is 1. The van der Waals surface area contributed by atoms with Crippen LogP contribution in [0.25, 0.3) is 83.9 Å². The number of furan rings is 1. The molecule has 0 fully saturated rings. The van der Waals surface area contributed by atoms with Crippen molar-refractivity contribution < 1.29 is 4.42 Å². The predicted molar refractivity (Wildman–Crippen MR) is 235 cm³/mol. The van der Waals surface area contributed by atoms with Crippen molar-refractivity contribution in [3.63, 3.8) is 0 Å². The third kappa shape index (κ3) is 6.16. The van der Waals surface area contributed by atoms with Crippen molar-refractivity contribution in [3.05, 3.63) is 187 Å². The summed E-state index contributed by atoms with van der Waals surface area (Å²) < 4.78 is 6.26. The Bertz CT molecular complexity index is 3000. The molecule has 9 aromatic rings. The standard InChI is InChI=1S/C52H37N3OS/c1-3-13-33(14-4-1)35-17-9-18-36(29-35)40-22-11-24-42-45-25-12-23-41(49(45)57-32-46(40)42)37-19-10-20-38(30-37)51-53-50(34-15-5-2-6-16-34)54-52(55-51)39-27-28-44-43-21-7-8-26-47(43)56-48(44)31-39/h1-8,10-16,18-28,30-31,35H,9,17,29,32H2. The summed E-state index contributed by atoms with van der Waals surface area (Å²) in [5.74, 6) is 3.38. The lowest BCUT2D eigenvalue weighted by atomic mass is 9.80. The minimum absolute atomic E-state index is 0.564. The average Bonchev–Trinajstić information content (AvgIpc) is 3.67. The highest BCUT2D eigenvalue weighted by atomic mass is 32.2. The lowest BCUT2D eigenvalue weighted by molar-refractivity contribution is 0.627. The molecule has 7 aromatic carbocycles. The third-order valence-electron chi connectivity index (χ3n) is 11.6. The van der Waals surface area contributed by atoms with Gasteiger partial charge in [-0.15, -0.1) is 11.8 Å². The highest BCUT2D eigenvalue weighted by molar-refractivity contribution is 7.98. The Morgan fingerprint density at radius 2 is 1.12 bits per heavy atom. The lowest BCUT2D eigenvalue weighted by Gasteiger charge is -2.28. The van der Waals surface area contributed by atoms with Crippen LogP contribution in [-0.4, -0.2) is 15.0 Å². The second kappa shape index (κ2) is 14.2. The van der Waals surface area contributed by atoms with Gasteiger partial charge in [0.25, 0.3) is 0 Å². The number of benzene rings is 7. The topological polar surface area (TPSA) is 51.8 Å². The molecule has 1 atom stereocenters. The molecule has 4 nitrogen and oxygen atoms in total. The molecule has 1 aliphatic heterocycles. The van der Waals surface area contributed by atoms with Crippen LogP contribution in [0.15, 0.2) is 179 Å². The van der Waals surface area contributed by atoms with E-state index in [0.29, 0.717) is 23.4 Å². The molecule has 272 valence electrons. The molecular formula is C52H37N3OS. The Morgan fingerprint density at radius 1 is 0.491 bits per heavy atom. The summed E-state index contributed by atoms with van der Waals surface area (Å²) in [6.07, 6.45) is 5.91. The zero-order valence-corrected chi connectivity index (χ0v) is 32.0. The van der Waals surface area contributed by atoms with Gasteiger partial charge in [0.1, 0.15) is 11.2 Å². The van der Waals surface area contributed by atoms with Gasteiger partial charge in [0.05, 0.1) is 0 Å². The Morgan fingerprint density at radius 3 is 1.96 bits per heavy atom. The third-order valence-corrected chi connectivity index (χ3v) is 12.7. The van der Waals surface area contributed by atoms with Crippen molar-refractivity contribution in [1.29, 1.82) is 0 Å². The number of nitrogens with zero attached hydrogens (tertiary/aromatic N) is 3. The quantitative estimate of drug-likeness (QED) is 0.169. The predicted octanol–water partition coefficient (Wildman–Crippen LogP) is 14.1. The van der Waals surface area contributed by atoms with Crippen LogP contribution in [-0.2, 0) is 5.75 Å². The maximum atomic E-state index is 6.26. The molecule has 0 N–H and O–H groups in total. The summed E-state index contributed by atoms with van der Waals surface area (Å²) >= 11 is 1.95. The van der Waals surface area contributed by atoms with E-state index in [1.165, 1.54) is 50.3 Å². The number of hydrogen-bond acceptors (Lipinski definition) is 5. The van der Waals surface area contributed by atoms with Crippen molar-refractivity contribution in [2.24, 2.45) is 0 Å². The van der Waals surface area contributed by atoms with E-state index < -0.39 is 0 Å². The van der Waals surface area contributed by atoms with Gasteiger partial charge in [-0.2, -0.15) is 0 Å². The fraction of sp³-hybridized carbons (Fsp3) is 0.0962. The fourth-order valence-electron chi connectivity index (χ4n) is 8.75. The van der Waals surface area contributed by atoms with Gasteiger partial charge in [-0.05, 0) is 94.0 Å². The molecule has 0 bridgehead atoms. The summed E-state index contributed by atoms with van der Waals surface area (Å²) in [4.78, 5) is 16.5. The number of rotatable bonds is 6. The maximum absolute atomic E-state index is 6.26. The number of hydrogen-bond donors (Lipinski definition) is 0. The van der Waals surface area contributed by atoms with Crippen molar-refractivity contribution >= 4 is 39.3 Å². The van der Waals surface area contributed by atoms with Crippen molar-refractivity contribution in [1.82, 2.24) is 15.0 Å². The van der Waals surface area contributed by atoms with Gasteiger partial charge in [-0.25, -0.2) is 15.0 Å². The van der Waals surface area contributed by atoms with Crippen LogP contribution in [0.2, 0.25) is 0 Å². The highest BCUT2D eigenvalue weighted by Crippen LogP contribution is 2.49. The molecule has 5 heteroatoms. The number of aromatic nitrogens is 3. The van der Waals surface area contributed by atoms with Gasteiger partial charge in [0.2, 0.25) is 0 Å². The molecule has 0 saturated heterocycles. The van der Waals surface area contributed by atoms with E-state index in [0.717, 1.165) is 62.8 Å². The van der Waals surface area contributed by atoms with Gasteiger partial charge >= 0.3 is 0 Å². The largest absolute Gasteiger partial charge is 0.456 e. The van der Waals surface area contributed by atoms with E-state index in [2.05, 4.69) is 115 Å². The van der Waals surface area contributed by atoms with E-state index in [4.69, 9.17) is 19.4 Å². The summed E-state index contributed by atoms with van der Waals surface area (Å²) in [5.41, 5.74) is 15.3. The molecule has 2 aliphatic rings. The van der Waals surface area contributed by atoms with Crippen molar-refractivity contribution in [3.8, 4) is 56.4 Å². The number of fused-ring (bicyclic) bond motifs is 6. The lowest BCUT2D eigenvalue weighted by Crippen LogP contribution is -2.08. The van der Waals surface area contributed by atoms with E-state index in [9.17, 15) is 0 Å². The summed E-state index contributed by atoms with van der Waals surface area (Å²) in [5, 5.41) is 2.17. The second-order valence-corrected chi connectivity index (χ2v) is 16.0. The van der Waals surface area contributed by atoms with Crippen LogP contribution in [0.5, 0.6) is 0 Å². The van der Waals surface area contributed by atoms with Crippen LogP contribution in [0.1, 0.15) is 41.9 Å². The molecule has 0 spiro atoms. The van der Waals surface area contributed by atoms with E-state index in [1.54, 1.807) is 0 Å². The molecule has 1 unspecified atom stereocenters. The average molecular weight is 752 g/mol. The molecule has 1 aliphatic carbocycles. The van der Waals surface area contributed by atoms with Crippen LogP contribution >= 0.6 is 11.8 Å². The Balaban J connectivity index is 0.969. The maximum Gasteiger partial charge on any atom is 0.164 e. The van der Waals surface area contributed by atoms with Crippen LogP contribution in [0.3, 0.4) is 0 Å². The van der Waals surface area contributed by atoms with Crippen LogP contribution < -0.4 is 0 Å². The molecule has 11 rings (SSSR count). The number of allylic oxidation sites excluding steroid dienone is 2. The first-order valence-corrected chi connectivity index (χ1v) is 20.7. The number of thioether (sulfide) groups is 1. The summed E-state index contributed by atoms with van der Waals surface area (Å²) in [6, 6.07) is 57.9. The second-order valence-electron chi connectivity index (χ2n) is 15.0. The first kappa shape index (κ1) is 33.8.